The molecule has 0 spiro atoms. The van der Waals surface area contributed by atoms with Crippen LogP contribution in [-0.2, 0) is 10.0 Å². The normalized spacial score (nSPS) is 18.1. The van der Waals surface area contributed by atoms with Crippen LogP contribution in [-0.4, -0.2) is 36.8 Å². The standard InChI is InChI=1S/C21H23N3O3S/c1-16-22-21(15-27-16)17-9-11-20(12-10-17)28(25,26)24-13-5-8-19(14-24)23-18-6-3-2-4-7-18/h2-4,6-7,9-12,15,19,23H,5,8,13-14H2,1H3. The number of nitrogens with zero attached hydrogens (tertiary/aromatic N) is 2. The topological polar surface area (TPSA) is 75.4 Å². The predicted molar refractivity (Wildman–Crippen MR) is 109 cm³/mol. The van der Waals surface area contributed by atoms with Crippen molar-refractivity contribution in [3.05, 3.63) is 66.8 Å². The van der Waals surface area contributed by atoms with E-state index in [0.29, 0.717) is 29.6 Å². The Morgan fingerprint density at radius 2 is 1.86 bits per heavy atom. The van der Waals surface area contributed by atoms with E-state index in [9.17, 15) is 8.42 Å². The van der Waals surface area contributed by atoms with E-state index >= 15 is 0 Å². The van der Waals surface area contributed by atoms with Gasteiger partial charge in [0.2, 0.25) is 10.0 Å². The Balaban J connectivity index is 1.49. The number of rotatable bonds is 5. The Bertz CT molecular complexity index is 1030. The lowest BCUT2D eigenvalue weighted by Gasteiger charge is -2.33. The zero-order valence-electron chi connectivity index (χ0n) is 15.7. The number of anilines is 1. The summed E-state index contributed by atoms with van der Waals surface area (Å²) in [5.74, 6) is 0.581. The summed E-state index contributed by atoms with van der Waals surface area (Å²) in [5, 5.41) is 3.44. The Morgan fingerprint density at radius 3 is 2.54 bits per heavy atom. The minimum atomic E-state index is -3.53. The number of hydrogen-bond acceptors (Lipinski definition) is 5. The second-order valence-corrected chi connectivity index (χ2v) is 8.93. The van der Waals surface area contributed by atoms with Gasteiger partial charge >= 0.3 is 0 Å². The fourth-order valence-corrected chi connectivity index (χ4v) is 5.02. The van der Waals surface area contributed by atoms with Gasteiger partial charge in [-0.15, -0.1) is 0 Å². The van der Waals surface area contributed by atoms with Crippen LogP contribution in [0.15, 0.2) is 70.2 Å². The quantitative estimate of drug-likeness (QED) is 0.706. The predicted octanol–water partition coefficient (Wildman–Crippen LogP) is 3.92. The highest BCUT2D eigenvalue weighted by atomic mass is 32.2. The van der Waals surface area contributed by atoms with E-state index < -0.39 is 10.0 Å². The molecule has 3 aromatic rings. The van der Waals surface area contributed by atoms with E-state index in [0.717, 1.165) is 24.1 Å². The molecule has 1 atom stereocenters. The average molecular weight is 398 g/mol. The molecule has 4 rings (SSSR count). The molecule has 2 heterocycles. The van der Waals surface area contributed by atoms with Crippen LogP contribution in [0, 0.1) is 6.92 Å². The number of oxazole rings is 1. The molecule has 146 valence electrons. The first-order chi connectivity index (χ1) is 13.5. The highest BCUT2D eigenvalue weighted by molar-refractivity contribution is 7.89. The molecule has 1 aliphatic heterocycles. The van der Waals surface area contributed by atoms with Gasteiger partial charge in [0, 0.05) is 37.3 Å². The van der Waals surface area contributed by atoms with Gasteiger partial charge in [-0.3, -0.25) is 0 Å². The van der Waals surface area contributed by atoms with Crippen LogP contribution in [0.25, 0.3) is 11.3 Å². The maximum absolute atomic E-state index is 13.1. The van der Waals surface area contributed by atoms with Crippen LogP contribution >= 0.6 is 0 Å². The van der Waals surface area contributed by atoms with Crippen molar-refractivity contribution in [2.45, 2.75) is 30.7 Å². The molecule has 2 aromatic carbocycles. The number of aromatic nitrogens is 1. The number of piperidine rings is 1. The lowest BCUT2D eigenvalue weighted by Crippen LogP contribution is -2.45. The minimum absolute atomic E-state index is 0.100. The average Bonchev–Trinajstić information content (AvgIpc) is 3.15. The summed E-state index contributed by atoms with van der Waals surface area (Å²) >= 11 is 0. The number of aryl methyl sites for hydroxylation is 1. The Morgan fingerprint density at radius 1 is 1.11 bits per heavy atom. The van der Waals surface area contributed by atoms with Crippen molar-refractivity contribution in [2.75, 3.05) is 18.4 Å². The summed E-state index contributed by atoms with van der Waals surface area (Å²) in [4.78, 5) is 4.58. The largest absolute Gasteiger partial charge is 0.449 e. The highest BCUT2D eigenvalue weighted by Crippen LogP contribution is 2.25. The van der Waals surface area contributed by atoms with Crippen molar-refractivity contribution < 1.29 is 12.8 Å². The lowest BCUT2D eigenvalue weighted by atomic mass is 10.1. The summed E-state index contributed by atoms with van der Waals surface area (Å²) in [5.41, 5.74) is 2.55. The third kappa shape index (κ3) is 3.95. The first kappa shape index (κ1) is 18.7. The zero-order valence-corrected chi connectivity index (χ0v) is 16.5. The summed E-state index contributed by atoms with van der Waals surface area (Å²) < 4.78 is 33.0. The van der Waals surface area contributed by atoms with Gasteiger partial charge in [-0.25, -0.2) is 13.4 Å². The minimum Gasteiger partial charge on any atom is -0.449 e. The van der Waals surface area contributed by atoms with Gasteiger partial charge in [0.15, 0.2) is 5.89 Å². The first-order valence-electron chi connectivity index (χ1n) is 9.37. The number of hydrogen-bond donors (Lipinski definition) is 1. The molecule has 1 unspecified atom stereocenters. The van der Waals surface area contributed by atoms with Crippen LogP contribution in [0.5, 0.6) is 0 Å². The van der Waals surface area contributed by atoms with Crippen molar-refractivity contribution in [1.82, 2.24) is 9.29 Å². The molecule has 28 heavy (non-hydrogen) atoms. The number of para-hydroxylation sites is 1. The molecule has 1 fully saturated rings. The molecule has 0 radical (unpaired) electrons. The molecule has 0 amide bonds. The van der Waals surface area contributed by atoms with Crippen molar-refractivity contribution in [3.63, 3.8) is 0 Å². The summed E-state index contributed by atoms with van der Waals surface area (Å²) in [6.07, 6.45) is 3.36. The fraction of sp³-hybridized carbons (Fsp3) is 0.286. The van der Waals surface area contributed by atoms with Gasteiger partial charge in [-0.2, -0.15) is 4.31 Å². The van der Waals surface area contributed by atoms with Crippen LogP contribution < -0.4 is 5.32 Å². The van der Waals surface area contributed by atoms with Crippen molar-refractivity contribution in [1.29, 1.82) is 0 Å². The first-order valence-corrected chi connectivity index (χ1v) is 10.8. The van der Waals surface area contributed by atoms with Gasteiger partial charge < -0.3 is 9.73 Å². The van der Waals surface area contributed by atoms with Crippen molar-refractivity contribution >= 4 is 15.7 Å². The second kappa shape index (κ2) is 7.77. The Hall–Kier alpha value is -2.64. The van der Waals surface area contributed by atoms with Gasteiger partial charge in [-0.05, 0) is 37.1 Å². The fourth-order valence-electron chi connectivity index (χ4n) is 3.49. The number of benzene rings is 2. The molecule has 1 aromatic heterocycles. The molecule has 0 saturated carbocycles. The van der Waals surface area contributed by atoms with Gasteiger partial charge in [0.1, 0.15) is 12.0 Å². The number of nitrogens with one attached hydrogen (secondary N) is 1. The van der Waals surface area contributed by atoms with Crippen molar-refractivity contribution in [2.24, 2.45) is 0 Å². The maximum Gasteiger partial charge on any atom is 0.243 e. The molecular formula is C21H23N3O3S. The molecule has 0 bridgehead atoms. The number of sulfonamides is 1. The van der Waals surface area contributed by atoms with Crippen molar-refractivity contribution in [3.8, 4) is 11.3 Å². The maximum atomic E-state index is 13.1. The molecule has 1 aliphatic rings. The van der Waals surface area contributed by atoms with Crippen LogP contribution in [0.3, 0.4) is 0 Å². The Kier molecular flexibility index (Phi) is 5.19. The van der Waals surface area contributed by atoms with Gasteiger partial charge in [0.25, 0.3) is 0 Å². The molecule has 1 N–H and O–H groups in total. The van der Waals surface area contributed by atoms with Crippen LogP contribution in [0.1, 0.15) is 18.7 Å². The monoisotopic (exact) mass is 397 g/mol. The van der Waals surface area contributed by atoms with Gasteiger partial charge in [0.05, 0.1) is 4.90 Å². The third-order valence-electron chi connectivity index (χ3n) is 4.94. The molecule has 1 saturated heterocycles. The Labute approximate surface area is 165 Å². The van der Waals surface area contributed by atoms with E-state index in [1.54, 1.807) is 41.8 Å². The summed E-state index contributed by atoms with van der Waals surface area (Å²) in [7, 11) is -3.53. The van der Waals surface area contributed by atoms with Gasteiger partial charge in [-0.1, -0.05) is 30.3 Å². The molecule has 6 nitrogen and oxygen atoms in total. The SMILES string of the molecule is Cc1nc(-c2ccc(S(=O)(=O)N3CCCC(Nc4ccccc4)C3)cc2)co1. The highest BCUT2D eigenvalue weighted by Gasteiger charge is 2.30. The van der Waals surface area contributed by atoms with E-state index in [1.807, 2.05) is 30.3 Å². The van der Waals surface area contributed by atoms with E-state index in [-0.39, 0.29) is 6.04 Å². The third-order valence-corrected chi connectivity index (χ3v) is 6.81. The van der Waals surface area contributed by atoms with E-state index in [4.69, 9.17) is 4.42 Å². The van der Waals surface area contributed by atoms with Crippen LogP contribution in [0.4, 0.5) is 5.69 Å². The van der Waals surface area contributed by atoms with E-state index in [2.05, 4.69) is 10.3 Å². The molecule has 0 aliphatic carbocycles. The molecule has 7 heteroatoms. The zero-order chi connectivity index (χ0) is 19.6. The second-order valence-electron chi connectivity index (χ2n) is 6.99. The summed E-state index contributed by atoms with van der Waals surface area (Å²) in [6.45, 7) is 2.78. The summed E-state index contributed by atoms with van der Waals surface area (Å²) in [6, 6.07) is 16.8. The lowest BCUT2D eigenvalue weighted by molar-refractivity contribution is 0.327. The smallest absolute Gasteiger partial charge is 0.243 e. The van der Waals surface area contributed by atoms with E-state index in [1.165, 1.54) is 0 Å². The molecular weight excluding hydrogens is 374 g/mol. The van der Waals surface area contributed by atoms with Crippen LogP contribution in [0.2, 0.25) is 0 Å².